The van der Waals surface area contributed by atoms with E-state index in [0.717, 1.165) is 12.8 Å². The highest BCUT2D eigenvalue weighted by atomic mass is 31.2. The van der Waals surface area contributed by atoms with E-state index < -0.39 is 20.5 Å². The molecule has 200 valence electrons. The van der Waals surface area contributed by atoms with E-state index in [1.807, 2.05) is 0 Å². The smallest absolute Gasteiger partial charge is 0.333 e. The second-order valence-electron chi connectivity index (χ2n) is 7.88. The van der Waals surface area contributed by atoms with Gasteiger partial charge in [0.2, 0.25) is 0 Å². The number of hydrogen-bond donors (Lipinski definition) is 4. The Balaban J connectivity index is 2.17. The number of nitrogens with two attached hydrogens (primary N) is 1. The molecule has 5 N–H and O–H groups in total. The standard InChI is InChI=1S/C22H39N4O8P/c1-16(8-6-11-24-19-10-9-18(34-19)15-33-35(29)30-5)22(28)32-13-7-12-31-20(27)14-25-17(2)21(23)26(3)4/h6,8,11,18-19,24-25,29H,7,9-10,12-15,23H2,1-5H3/b11-6-,16-8+,21-17+. The number of carbonyl (C=O) groups excluding carboxylic acids is 2. The van der Waals surface area contributed by atoms with Crippen LogP contribution in [0, 0.1) is 0 Å². The summed E-state index contributed by atoms with van der Waals surface area (Å²) in [6, 6.07) is 0. The van der Waals surface area contributed by atoms with E-state index in [1.54, 1.807) is 51.2 Å². The zero-order valence-corrected chi connectivity index (χ0v) is 22.0. The van der Waals surface area contributed by atoms with E-state index in [2.05, 4.69) is 15.2 Å². The molecule has 0 aromatic heterocycles. The maximum Gasteiger partial charge on any atom is 0.333 e. The number of carbonyl (C=O) groups is 2. The van der Waals surface area contributed by atoms with Crippen LogP contribution >= 0.6 is 8.60 Å². The summed E-state index contributed by atoms with van der Waals surface area (Å²) < 4.78 is 25.8. The number of hydrogen-bond acceptors (Lipinski definition) is 12. The van der Waals surface area contributed by atoms with Crippen molar-refractivity contribution in [2.75, 3.05) is 47.6 Å². The van der Waals surface area contributed by atoms with Crippen LogP contribution in [0.25, 0.3) is 0 Å². The highest BCUT2D eigenvalue weighted by molar-refractivity contribution is 7.40. The lowest BCUT2D eigenvalue weighted by atomic mass is 10.2. The van der Waals surface area contributed by atoms with Crippen molar-refractivity contribution in [3.63, 3.8) is 0 Å². The van der Waals surface area contributed by atoms with Crippen molar-refractivity contribution in [1.82, 2.24) is 15.5 Å². The van der Waals surface area contributed by atoms with Gasteiger partial charge >= 0.3 is 20.5 Å². The molecule has 0 bridgehead atoms. The molecule has 0 saturated carbocycles. The molecule has 35 heavy (non-hydrogen) atoms. The van der Waals surface area contributed by atoms with Gasteiger partial charge in [-0.25, -0.2) is 4.79 Å². The third kappa shape index (κ3) is 13.3. The molecule has 0 aromatic carbocycles. The van der Waals surface area contributed by atoms with Gasteiger partial charge in [-0.15, -0.1) is 0 Å². The summed E-state index contributed by atoms with van der Waals surface area (Å²) >= 11 is 0. The third-order valence-electron chi connectivity index (χ3n) is 4.83. The van der Waals surface area contributed by atoms with E-state index in [1.165, 1.54) is 7.11 Å². The summed E-state index contributed by atoms with van der Waals surface area (Å²) in [6.45, 7) is 3.97. The Labute approximate surface area is 208 Å². The summed E-state index contributed by atoms with van der Waals surface area (Å²) in [6.07, 6.45) is 6.71. The fraction of sp³-hybridized carbons (Fsp3) is 0.636. The third-order valence-corrected chi connectivity index (χ3v) is 5.51. The average molecular weight is 519 g/mol. The van der Waals surface area contributed by atoms with Crippen LogP contribution in [0.3, 0.4) is 0 Å². The van der Waals surface area contributed by atoms with Gasteiger partial charge in [-0.1, -0.05) is 6.08 Å². The minimum atomic E-state index is -1.85. The first-order valence-electron chi connectivity index (χ1n) is 11.2. The minimum Gasteiger partial charge on any atom is -0.464 e. The van der Waals surface area contributed by atoms with Gasteiger partial charge in [-0.2, -0.15) is 0 Å². The van der Waals surface area contributed by atoms with E-state index in [9.17, 15) is 14.5 Å². The molecular weight excluding hydrogens is 479 g/mol. The van der Waals surface area contributed by atoms with Crippen LogP contribution < -0.4 is 16.4 Å². The van der Waals surface area contributed by atoms with Crippen LogP contribution in [0.2, 0.25) is 0 Å². The van der Waals surface area contributed by atoms with E-state index in [-0.39, 0.29) is 38.7 Å². The Bertz CT molecular complexity index is 760. The molecule has 0 spiro atoms. The average Bonchev–Trinajstić information content (AvgIpc) is 3.30. The number of allylic oxidation sites excluding steroid dienone is 3. The highest BCUT2D eigenvalue weighted by Gasteiger charge is 2.25. The molecule has 12 nitrogen and oxygen atoms in total. The number of esters is 2. The van der Waals surface area contributed by atoms with Gasteiger partial charge in [0.05, 0.1) is 25.9 Å². The summed E-state index contributed by atoms with van der Waals surface area (Å²) in [5.74, 6) is -0.338. The van der Waals surface area contributed by atoms with Crippen molar-refractivity contribution in [3.05, 3.63) is 35.4 Å². The Kier molecular flexibility index (Phi) is 15.0. The largest absolute Gasteiger partial charge is 0.464 e. The predicted octanol–water partition coefficient (Wildman–Crippen LogP) is 1.20. The number of rotatable bonds is 16. The van der Waals surface area contributed by atoms with Gasteiger partial charge in [-0.3, -0.25) is 4.79 Å². The number of nitrogens with one attached hydrogen (secondary N) is 2. The molecular formula is C22H39N4O8P. The molecule has 3 atom stereocenters. The molecule has 0 aliphatic carbocycles. The fourth-order valence-electron chi connectivity index (χ4n) is 2.78. The monoisotopic (exact) mass is 518 g/mol. The number of ether oxygens (including phenoxy) is 3. The molecule has 0 aromatic rings. The van der Waals surface area contributed by atoms with Crippen molar-refractivity contribution in [1.29, 1.82) is 0 Å². The van der Waals surface area contributed by atoms with Crippen LogP contribution in [0.4, 0.5) is 0 Å². The Hall–Kier alpha value is -2.37. The molecule has 1 aliphatic rings. The van der Waals surface area contributed by atoms with Gasteiger partial charge in [0.25, 0.3) is 0 Å². The Morgan fingerprint density at radius 1 is 1.23 bits per heavy atom. The van der Waals surface area contributed by atoms with Crippen LogP contribution in [-0.2, 0) is 32.8 Å². The molecule has 1 heterocycles. The summed E-state index contributed by atoms with van der Waals surface area (Å²) in [4.78, 5) is 34.8. The summed E-state index contributed by atoms with van der Waals surface area (Å²) in [7, 11) is 3.14. The molecule has 1 saturated heterocycles. The lowest BCUT2D eigenvalue weighted by molar-refractivity contribution is -0.143. The SMILES string of the molecule is COP(O)OCC1CCC(N/C=C\C=C(/C)C(=O)OCCCOC(=O)CN/C(C)=C(\N)N(C)C)O1. The van der Waals surface area contributed by atoms with E-state index >= 15 is 0 Å². The van der Waals surface area contributed by atoms with Gasteiger partial charge in [0.1, 0.15) is 18.6 Å². The molecule has 1 aliphatic heterocycles. The van der Waals surface area contributed by atoms with Gasteiger partial charge in [-0.05, 0) is 39.0 Å². The van der Waals surface area contributed by atoms with Crippen molar-refractivity contribution in [2.45, 2.75) is 45.4 Å². The van der Waals surface area contributed by atoms with Gasteiger partial charge in [0, 0.05) is 38.9 Å². The second-order valence-corrected chi connectivity index (χ2v) is 8.98. The van der Waals surface area contributed by atoms with Crippen LogP contribution in [0.5, 0.6) is 0 Å². The zero-order valence-electron chi connectivity index (χ0n) is 21.1. The fourth-order valence-corrected chi connectivity index (χ4v) is 3.18. The van der Waals surface area contributed by atoms with Crippen LogP contribution in [0.1, 0.15) is 33.1 Å². The second kappa shape index (κ2) is 17.1. The molecule has 1 fully saturated rings. The normalized spacial score (nSPS) is 19.8. The topological polar surface area (TPSA) is 154 Å². The summed E-state index contributed by atoms with van der Waals surface area (Å²) in [5, 5.41) is 6.00. The summed E-state index contributed by atoms with van der Waals surface area (Å²) in [5.41, 5.74) is 6.96. The van der Waals surface area contributed by atoms with Gasteiger partial charge < -0.3 is 49.4 Å². The van der Waals surface area contributed by atoms with Crippen LogP contribution in [-0.4, -0.2) is 81.6 Å². The first-order chi connectivity index (χ1) is 16.6. The maximum absolute atomic E-state index is 12.0. The molecule has 3 unspecified atom stereocenters. The number of nitrogens with zero attached hydrogens (tertiary/aromatic N) is 1. The Morgan fingerprint density at radius 2 is 1.94 bits per heavy atom. The first kappa shape index (κ1) is 30.7. The lowest BCUT2D eigenvalue weighted by Crippen LogP contribution is -2.29. The van der Waals surface area contributed by atoms with Crippen molar-refractivity contribution in [3.8, 4) is 0 Å². The van der Waals surface area contributed by atoms with Crippen molar-refractivity contribution < 1.29 is 37.7 Å². The highest BCUT2D eigenvalue weighted by Crippen LogP contribution is 2.32. The minimum absolute atomic E-state index is 0.000372. The zero-order chi connectivity index (χ0) is 26.2. The van der Waals surface area contributed by atoms with Gasteiger partial charge in [0.15, 0.2) is 0 Å². The maximum atomic E-state index is 12.0. The lowest BCUT2D eigenvalue weighted by Gasteiger charge is -2.16. The molecule has 1 rings (SSSR count). The van der Waals surface area contributed by atoms with E-state index in [0.29, 0.717) is 23.5 Å². The molecule has 0 radical (unpaired) electrons. The quantitative estimate of drug-likeness (QED) is 0.0763. The van der Waals surface area contributed by atoms with Crippen molar-refractivity contribution in [2.24, 2.45) is 5.73 Å². The predicted molar refractivity (Wildman–Crippen MR) is 131 cm³/mol. The van der Waals surface area contributed by atoms with E-state index in [4.69, 9.17) is 24.5 Å². The molecule has 0 amide bonds. The molecule has 13 heteroatoms. The van der Waals surface area contributed by atoms with Crippen LogP contribution in [0.15, 0.2) is 35.4 Å². The Morgan fingerprint density at radius 3 is 2.63 bits per heavy atom. The van der Waals surface area contributed by atoms with Crippen molar-refractivity contribution >= 4 is 20.5 Å². The first-order valence-corrected chi connectivity index (χ1v) is 12.4.